The number of halogens is 1. The van der Waals surface area contributed by atoms with E-state index in [1.54, 1.807) is 0 Å². The summed E-state index contributed by atoms with van der Waals surface area (Å²) in [4.78, 5) is 0. The number of hydrogen-bond donors (Lipinski definition) is 1. The van der Waals surface area contributed by atoms with Crippen LogP contribution >= 0.6 is 15.9 Å². The van der Waals surface area contributed by atoms with Gasteiger partial charge in [0.25, 0.3) is 0 Å². The molecule has 3 nitrogen and oxygen atoms in total. The van der Waals surface area contributed by atoms with E-state index in [9.17, 15) is 0 Å². The van der Waals surface area contributed by atoms with Crippen LogP contribution in [0.1, 0.15) is 18.3 Å². The van der Waals surface area contributed by atoms with Gasteiger partial charge in [0.05, 0.1) is 15.9 Å². The van der Waals surface area contributed by atoms with Gasteiger partial charge in [0, 0.05) is 19.6 Å². The number of nitrogens with one attached hydrogen (secondary N) is 1. The Kier molecular flexibility index (Phi) is 4.35. The number of rotatable bonds is 5. The van der Waals surface area contributed by atoms with Crippen LogP contribution in [0, 0.1) is 6.92 Å². The van der Waals surface area contributed by atoms with E-state index in [1.807, 2.05) is 17.7 Å². The van der Waals surface area contributed by atoms with Crippen molar-refractivity contribution < 1.29 is 0 Å². The van der Waals surface area contributed by atoms with Crippen molar-refractivity contribution in [2.24, 2.45) is 0 Å². The van der Waals surface area contributed by atoms with Gasteiger partial charge < -0.3 is 5.32 Å². The van der Waals surface area contributed by atoms with Crippen LogP contribution in [0.3, 0.4) is 0 Å². The smallest absolute Gasteiger partial charge is 0.0739 e. The van der Waals surface area contributed by atoms with Crippen molar-refractivity contribution in [1.82, 2.24) is 15.1 Å². The lowest BCUT2D eigenvalue weighted by molar-refractivity contribution is 0.591. The summed E-state index contributed by atoms with van der Waals surface area (Å²) in [7, 11) is 0. The molecule has 0 saturated heterocycles. The van der Waals surface area contributed by atoms with Crippen LogP contribution in [0.2, 0.25) is 0 Å². The molecule has 4 heteroatoms. The van der Waals surface area contributed by atoms with Crippen LogP contribution in [0.4, 0.5) is 0 Å². The minimum Gasteiger partial charge on any atom is -0.308 e. The topological polar surface area (TPSA) is 29.9 Å². The molecule has 78 valence electrons. The minimum absolute atomic E-state index is 0.820. The average molecular weight is 258 g/mol. The fraction of sp³-hybridized carbons (Fsp3) is 0.500. The monoisotopic (exact) mass is 257 g/mol. The predicted molar refractivity (Wildman–Crippen MR) is 62.2 cm³/mol. The Morgan fingerprint density at radius 1 is 1.64 bits per heavy atom. The van der Waals surface area contributed by atoms with Crippen LogP contribution < -0.4 is 5.32 Å². The lowest BCUT2D eigenvalue weighted by Gasteiger charge is -2.05. The average Bonchev–Trinajstić information content (AvgIpc) is 2.45. The van der Waals surface area contributed by atoms with E-state index in [0.29, 0.717) is 0 Å². The SMILES string of the molecule is C=CCNCc1c(Br)c(C)nn1CC. The molecule has 1 rings (SSSR count). The van der Waals surface area contributed by atoms with Crippen molar-refractivity contribution in [1.29, 1.82) is 0 Å². The van der Waals surface area contributed by atoms with E-state index in [-0.39, 0.29) is 0 Å². The van der Waals surface area contributed by atoms with Crippen LogP contribution in [-0.4, -0.2) is 16.3 Å². The highest BCUT2D eigenvalue weighted by Crippen LogP contribution is 2.20. The van der Waals surface area contributed by atoms with Crippen molar-refractivity contribution in [2.75, 3.05) is 6.54 Å². The van der Waals surface area contributed by atoms with Gasteiger partial charge in [0.2, 0.25) is 0 Å². The second-order valence-electron chi connectivity index (χ2n) is 3.08. The molecule has 0 aliphatic rings. The molecule has 1 aromatic heterocycles. The van der Waals surface area contributed by atoms with Gasteiger partial charge in [-0.05, 0) is 29.8 Å². The number of hydrogen-bond acceptors (Lipinski definition) is 2. The molecule has 14 heavy (non-hydrogen) atoms. The molecule has 0 unspecified atom stereocenters. The Morgan fingerprint density at radius 3 is 2.93 bits per heavy atom. The second-order valence-corrected chi connectivity index (χ2v) is 3.87. The second kappa shape index (κ2) is 5.32. The summed E-state index contributed by atoms with van der Waals surface area (Å²) in [5, 5.41) is 7.68. The van der Waals surface area contributed by atoms with Crippen molar-refractivity contribution in [3.8, 4) is 0 Å². The van der Waals surface area contributed by atoms with E-state index >= 15 is 0 Å². The molecule has 1 N–H and O–H groups in total. The zero-order valence-corrected chi connectivity index (χ0v) is 10.3. The summed E-state index contributed by atoms with van der Waals surface area (Å²) < 4.78 is 3.12. The molecule has 0 bridgehead atoms. The molecule has 0 aliphatic carbocycles. The summed E-state index contributed by atoms with van der Waals surface area (Å²) in [6, 6.07) is 0. The maximum absolute atomic E-state index is 4.41. The maximum Gasteiger partial charge on any atom is 0.0739 e. The molecule has 1 heterocycles. The lowest BCUT2D eigenvalue weighted by Crippen LogP contribution is -2.16. The third-order valence-electron chi connectivity index (χ3n) is 2.03. The Labute approximate surface area is 93.3 Å². The molecule has 0 aliphatic heterocycles. The molecule has 0 aromatic carbocycles. The zero-order valence-electron chi connectivity index (χ0n) is 8.68. The first-order chi connectivity index (χ1) is 6.70. The van der Waals surface area contributed by atoms with Gasteiger partial charge in [-0.1, -0.05) is 6.08 Å². The van der Waals surface area contributed by atoms with Gasteiger partial charge in [0.1, 0.15) is 0 Å². The van der Waals surface area contributed by atoms with Gasteiger partial charge in [-0.2, -0.15) is 5.10 Å². The molecular formula is C10H16BrN3. The zero-order chi connectivity index (χ0) is 10.6. The normalized spacial score (nSPS) is 10.5. The van der Waals surface area contributed by atoms with Crippen LogP contribution in [0.25, 0.3) is 0 Å². The van der Waals surface area contributed by atoms with Gasteiger partial charge in [-0.25, -0.2) is 0 Å². The third-order valence-corrected chi connectivity index (χ3v) is 3.07. The quantitative estimate of drug-likeness (QED) is 0.648. The van der Waals surface area contributed by atoms with Gasteiger partial charge in [-0.3, -0.25) is 4.68 Å². The summed E-state index contributed by atoms with van der Waals surface area (Å²) >= 11 is 3.54. The predicted octanol–water partition coefficient (Wildman–Crippen LogP) is 2.25. The number of nitrogens with zero attached hydrogens (tertiary/aromatic N) is 2. The number of aryl methyl sites for hydroxylation is 2. The van der Waals surface area contributed by atoms with Crippen LogP contribution in [0.15, 0.2) is 17.1 Å². The largest absolute Gasteiger partial charge is 0.308 e. The van der Waals surface area contributed by atoms with E-state index < -0.39 is 0 Å². The molecule has 0 amide bonds. The van der Waals surface area contributed by atoms with Crippen molar-refractivity contribution in [3.63, 3.8) is 0 Å². The molecule has 0 saturated carbocycles. The Morgan fingerprint density at radius 2 is 2.36 bits per heavy atom. The molecular weight excluding hydrogens is 242 g/mol. The Hall–Kier alpha value is -0.610. The molecule has 0 spiro atoms. The highest BCUT2D eigenvalue weighted by atomic mass is 79.9. The lowest BCUT2D eigenvalue weighted by atomic mass is 10.3. The summed E-state index contributed by atoms with van der Waals surface area (Å²) in [5.41, 5.74) is 2.24. The first-order valence-electron chi connectivity index (χ1n) is 4.74. The van der Waals surface area contributed by atoms with Gasteiger partial charge in [-0.15, -0.1) is 6.58 Å². The fourth-order valence-corrected chi connectivity index (χ4v) is 1.75. The Balaban J connectivity index is 2.77. The number of aromatic nitrogens is 2. The minimum atomic E-state index is 0.820. The maximum atomic E-state index is 4.41. The molecule has 0 radical (unpaired) electrons. The molecule has 0 atom stereocenters. The first kappa shape index (κ1) is 11.5. The van der Waals surface area contributed by atoms with E-state index in [4.69, 9.17) is 0 Å². The van der Waals surface area contributed by atoms with Crippen LogP contribution in [-0.2, 0) is 13.1 Å². The van der Waals surface area contributed by atoms with E-state index in [0.717, 1.165) is 29.8 Å². The highest BCUT2D eigenvalue weighted by Gasteiger charge is 2.10. The van der Waals surface area contributed by atoms with E-state index in [2.05, 4.69) is 39.8 Å². The summed E-state index contributed by atoms with van der Waals surface area (Å²) in [5.74, 6) is 0. The summed E-state index contributed by atoms with van der Waals surface area (Å²) in [6.07, 6.45) is 1.85. The van der Waals surface area contributed by atoms with Gasteiger partial charge >= 0.3 is 0 Å². The summed E-state index contributed by atoms with van der Waals surface area (Å²) in [6.45, 7) is 10.3. The highest BCUT2D eigenvalue weighted by molar-refractivity contribution is 9.10. The van der Waals surface area contributed by atoms with Crippen LogP contribution in [0.5, 0.6) is 0 Å². The van der Waals surface area contributed by atoms with E-state index in [1.165, 1.54) is 5.69 Å². The van der Waals surface area contributed by atoms with Crippen molar-refractivity contribution in [3.05, 3.63) is 28.5 Å². The standard InChI is InChI=1S/C10H16BrN3/c1-4-6-12-7-9-10(11)8(3)13-14(9)5-2/h4,12H,1,5-7H2,2-3H3. The third kappa shape index (κ3) is 2.45. The first-order valence-corrected chi connectivity index (χ1v) is 5.53. The van der Waals surface area contributed by atoms with Gasteiger partial charge in [0.15, 0.2) is 0 Å². The molecule has 0 fully saturated rings. The Bertz CT molecular complexity index is 317. The van der Waals surface area contributed by atoms with Crippen molar-refractivity contribution >= 4 is 15.9 Å². The van der Waals surface area contributed by atoms with Crippen molar-refractivity contribution in [2.45, 2.75) is 26.9 Å². The molecule has 1 aromatic rings. The fourth-order valence-electron chi connectivity index (χ4n) is 1.33.